The van der Waals surface area contributed by atoms with Crippen LogP contribution in [0.25, 0.3) is 0 Å². The van der Waals surface area contributed by atoms with Crippen molar-refractivity contribution in [2.45, 2.75) is 12.5 Å². The van der Waals surface area contributed by atoms with E-state index in [2.05, 4.69) is 41.4 Å². The molecule has 2 nitrogen and oxygen atoms in total. The lowest BCUT2D eigenvalue weighted by Gasteiger charge is -2.23. The molecule has 0 saturated heterocycles. The molecule has 0 N–H and O–H groups in total. The van der Waals surface area contributed by atoms with Gasteiger partial charge in [-0.15, -0.1) is 0 Å². The Hall–Kier alpha value is -2.58. The van der Waals surface area contributed by atoms with Gasteiger partial charge in [-0.3, -0.25) is 5.01 Å². The number of nitrogens with zero attached hydrogens (tertiary/aromatic N) is 2. The van der Waals surface area contributed by atoms with Crippen LogP contribution in [0.2, 0.25) is 5.02 Å². The molecular weight excluding hydrogens is 316 g/mol. The molecule has 1 aliphatic rings. The van der Waals surface area contributed by atoms with Gasteiger partial charge in [0.25, 0.3) is 0 Å². The Morgan fingerprint density at radius 1 is 0.792 bits per heavy atom. The lowest BCUT2D eigenvalue weighted by molar-refractivity contribution is 0.709. The first kappa shape index (κ1) is 15.0. The van der Waals surface area contributed by atoms with Crippen molar-refractivity contribution in [3.63, 3.8) is 0 Å². The van der Waals surface area contributed by atoms with E-state index in [0.717, 1.165) is 28.4 Å². The maximum Gasteiger partial charge on any atom is 0.0831 e. The Balaban J connectivity index is 1.77. The maximum atomic E-state index is 6.39. The fourth-order valence-electron chi connectivity index (χ4n) is 3.12. The van der Waals surface area contributed by atoms with Gasteiger partial charge < -0.3 is 0 Å². The normalized spacial score (nSPS) is 17.0. The fourth-order valence-corrected chi connectivity index (χ4v) is 3.37. The average Bonchev–Trinajstić information content (AvgIpc) is 3.09. The maximum absolute atomic E-state index is 6.39. The van der Waals surface area contributed by atoms with E-state index >= 15 is 0 Å². The van der Waals surface area contributed by atoms with Crippen LogP contribution in [0.1, 0.15) is 23.6 Å². The molecule has 0 fully saturated rings. The molecule has 0 aromatic heterocycles. The van der Waals surface area contributed by atoms with E-state index in [0.29, 0.717) is 0 Å². The second-order valence-electron chi connectivity index (χ2n) is 5.84. The first-order chi connectivity index (χ1) is 11.8. The van der Waals surface area contributed by atoms with Crippen molar-refractivity contribution in [1.82, 2.24) is 0 Å². The van der Waals surface area contributed by atoms with Crippen LogP contribution in [-0.2, 0) is 0 Å². The monoisotopic (exact) mass is 332 g/mol. The third-order valence-corrected chi connectivity index (χ3v) is 4.63. The molecule has 1 heterocycles. The van der Waals surface area contributed by atoms with Crippen LogP contribution >= 0.6 is 11.6 Å². The van der Waals surface area contributed by atoms with Gasteiger partial charge in [-0.25, -0.2) is 0 Å². The Kier molecular flexibility index (Phi) is 4.06. The predicted molar refractivity (Wildman–Crippen MR) is 101 cm³/mol. The third kappa shape index (κ3) is 2.81. The van der Waals surface area contributed by atoms with Gasteiger partial charge in [0.05, 0.1) is 17.4 Å². The standard InChI is InChI=1S/C21H17ClN2/c22-19-14-8-7-13-18(19)20-15-21(16-9-3-1-4-10-16)24(23-20)17-11-5-2-6-12-17/h1-14,21H,15H2. The van der Waals surface area contributed by atoms with Crippen LogP contribution < -0.4 is 5.01 Å². The highest BCUT2D eigenvalue weighted by Gasteiger charge is 2.30. The highest BCUT2D eigenvalue weighted by molar-refractivity contribution is 6.34. The minimum absolute atomic E-state index is 0.180. The summed E-state index contributed by atoms with van der Waals surface area (Å²) in [6.07, 6.45) is 0.836. The summed E-state index contributed by atoms with van der Waals surface area (Å²) in [4.78, 5) is 0. The first-order valence-electron chi connectivity index (χ1n) is 8.04. The quantitative estimate of drug-likeness (QED) is 0.601. The minimum atomic E-state index is 0.180. The highest BCUT2D eigenvalue weighted by atomic mass is 35.5. The van der Waals surface area contributed by atoms with Gasteiger partial charge in [-0.1, -0.05) is 78.3 Å². The summed E-state index contributed by atoms with van der Waals surface area (Å²) in [6.45, 7) is 0. The molecule has 0 radical (unpaired) electrons. The van der Waals surface area contributed by atoms with Crippen LogP contribution in [0, 0.1) is 0 Å². The zero-order chi connectivity index (χ0) is 16.4. The lowest BCUT2D eigenvalue weighted by atomic mass is 9.98. The number of rotatable bonds is 3. The minimum Gasteiger partial charge on any atom is -0.257 e. The molecule has 0 saturated carbocycles. The molecule has 24 heavy (non-hydrogen) atoms. The Morgan fingerprint density at radius 2 is 1.42 bits per heavy atom. The molecule has 1 aliphatic heterocycles. The van der Waals surface area contributed by atoms with Gasteiger partial charge in [-0.05, 0) is 23.8 Å². The van der Waals surface area contributed by atoms with Crippen molar-refractivity contribution in [2.24, 2.45) is 5.10 Å². The molecule has 1 atom stereocenters. The van der Waals surface area contributed by atoms with E-state index in [9.17, 15) is 0 Å². The van der Waals surface area contributed by atoms with Gasteiger partial charge in [0.15, 0.2) is 0 Å². The van der Waals surface area contributed by atoms with Crippen LogP contribution in [0.15, 0.2) is 90.0 Å². The highest BCUT2D eigenvalue weighted by Crippen LogP contribution is 2.37. The van der Waals surface area contributed by atoms with Crippen molar-refractivity contribution < 1.29 is 0 Å². The van der Waals surface area contributed by atoms with Crippen molar-refractivity contribution in [2.75, 3.05) is 5.01 Å². The topological polar surface area (TPSA) is 15.6 Å². The van der Waals surface area contributed by atoms with E-state index in [1.807, 2.05) is 48.5 Å². The summed E-state index contributed by atoms with van der Waals surface area (Å²) >= 11 is 6.39. The van der Waals surface area contributed by atoms with E-state index in [-0.39, 0.29) is 6.04 Å². The average molecular weight is 333 g/mol. The van der Waals surface area contributed by atoms with E-state index in [1.165, 1.54) is 5.56 Å². The molecule has 118 valence electrons. The Morgan fingerprint density at radius 3 is 2.12 bits per heavy atom. The van der Waals surface area contributed by atoms with E-state index in [4.69, 9.17) is 16.7 Å². The zero-order valence-corrected chi connectivity index (χ0v) is 13.9. The number of halogens is 1. The number of benzene rings is 3. The summed E-state index contributed by atoms with van der Waals surface area (Å²) in [6, 6.07) is 28.9. The summed E-state index contributed by atoms with van der Waals surface area (Å²) in [7, 11) is 0. The molecule has 3 heteroatoms. The second-order valence-corrected chi connectivity index (χ2v) is 6.24. The Labute approximate surface area is 147 Å². The summed E-state index contributed by atoms with van der Waals surface area (Å²) in [5.74, 6) is 0. The molecule has 1 unspecified atom stereocenters. The molecule has 3 aromatic carbocycles. The summed E-state index contributed by atoms with van der Waals surface area (Å²) in [5, 5.41) is 7.77. The van der Waals surface area contributed by atoms with Crippen molar-refractivity contribution >= 4 is 23.0 Å². The lowest BCUT2D eigenvalue weighted by Crippen LogP contribution is -2.18. The largest absolute Gasteiger partial charge is 0.257 e. The SMILES string of the molecule is Clc1ccccc1C1=NN(c2ccccc2)C(c2ccccc2)C1. The van der Waals surface area contributed by atoms with Crippen LogP contribution in [0.3, 0.4) is 0 Å². The van der Waals surface area contributed by atoms with E-state index < -0.39 is 0 Å². The summed E-state index contributed by atoms with van der Waals surface area (Å²) < 4.78 is 0. The van der Waals surface area contributed by atoms with Crippen molar-refractivity contribution in [1.29, 1.82) is 0 Å². The van der Waals surface area contributed by atoms with E-state index in [1.54, 1.807) is 0 Å². The number of hydrogen-bond donors (Lipinski definition) is 0. The summed E-state index contributed by atoms with van der Waals surface area (Å²) in [5.41, 5.74) is 4.39. The Bertz CT molecular complexity index is 859. The molecular formula is C21H17ClN2. The van der Waals surface area contributed by atoms with Crippen LogP contribution in [-0.4, -0.2) is 5.71 Å². The fraction of sp³-hybridized carbons (Fsp3) is 0.0952. The van der Waals surface area contributed by atoms with Crippen LogP contribution in [0.5, 0.6) is 0 Å². The molecule has 0 bridgehead atoms. The first-order valence-corrected chi connectivity index (χ1v) is 8.42. The number of hydrogen-bond acceptors (Lipinski definition) is 2. The van der Waals surface area contributed by atoms with Gasteiger partial charge in [0, 0.05) is 17.0 Å². The van der Waals surface area contributed by atoms with Gasteiger partial charge in [0.1, 0.15) is 0 Å². The predicted octanol–water partition coefficient (Wildman–Crippen LogP) is 5.70. The van der Waals surface area contributed by atoms with Crippen molar-refractivity contribution in [3.8, 4) is 0 Å². The molecule has 3 aromatic rings. The number of anilines is 1. The smallest absolute Gasteiger partial charge is 0.0831 e. The van der Waals surface area contributed by atoms with Gasteiger partial charge >= 0.3 is 0 Å². The molecule has 4 rings (SSSR count). The number of para-hydroxylation sites is 1. The molecule has 0 spiro atoms. The van der Waals surface area contributed by atoms with Gasteiger partial charge in [0.2, 0.25) is 0 Å². The number of hydrazone groups is 1. The second kappa shape index (κ2) is 6.50. The molecule has 0 amide bonds. The van der Waals surface area contributed by atoms with Gasteiger partial charge in [-0.2, -0.15) is 5.10 Å². The molecule has 0 aliphatic carbocycles. The van der Waals surface area contributed by atoms with Crippen LogP contribution in [0.4, 0.5) is 5.69 Å². The third-order valence-electron chi connectivity index (χ3n) is 4.30. The van der Waals surface area contributed by atoms with Crippen molar-refractivity contribution in [3.05, 3.63) is 101 Å². The zero-order valence-electron chi connectivity index (χ0n) is 13.1.